The Morgan fingerprint density at radius 2 is 2.06 bits per heavy atom. The fourth-order valence-corrected chi connectivity index (χ4v) is 6.70. The van der Waals surface area contributed by atoms with Crippen LogP contribution in [-0.4, -0.2) is 31.3 Å². The molecular formula is C27H41N3O2. The number of nitrogens with zero attached hydrogens (tertiary/aromatic N) is 3. The molecule has 4 rings (SSSR count). The van der Waals surface area contributed by atoms with Gasteiger partial charge in [0.25, 0.3) is 0 Å². The zero-order chi connectivity index (χ0) is 23.1. The standard InChI is InChI=1S/C27H41N3O2/c1-18-8-11-22(31)15-21(18)10-9-20-7-6-14-27(5)23(12-13-24(20)27)19(2)16-30-17-25(28-29-30)26(3,4)32/h9-10,17,19,22-24,31-32H,1,6-8,11-16H2,2-5H3/b20-9-,21-10-/t19-,22+,23?,24-,27-/m1/s1. The molecule has 3 saturated carbocycles. The van der Waals surface area contributed by atoms with Crippen LogP contribution in [0.15, 0.2) is 41.6 Å². The summed E-state index contributed by atoms with van der Waals surface area (Å²) >= 11 is 0. The van der Waals surface area contributed by atoms with Crippen LogP contribution in [-0.2, 0) is 12.1 Å². The van der Waals surface area contributed by atoms with Gasteiger partial charge in [0.05, 0.1) is 12.3 Å². The molecule has 1 unspecified atom stereocenters. The molecule has 0 aliphatic heterocycles. The summed E-state index contributed by atoms with van der Waals surface area (Å²) in [4.78, 5) is 0. The lowest BCUT2D eigenvalue weighted by Gasteiger charge is -2.44. The summed E-state index contributed by atoms with van der Waals surface area (Å²) in [7, 11) is 0. The van der Waals surface area contributed by atoms with Crippen molar-refractivity contribution in [2.45, 2.75) is 97.3 Å². The maximum absolute atomic E-state index is 10.2. The lowest BCUT2D eigenvalue weighted by atomic mass is 9.61. The molecule has 5 atom stereocenters. The number of rotatable bonds is 5. The first-order valence-corrected chi connectivity index (χ1v) is 12.5. The van der Waals surface area contributed by atoms with Gasteiger partial charge >= 0.3 is 0 Å². The Hall–Kier alpha value is -1.72. The Morgan fingerprint density at radius 3 is 2.78 bits per heavy atom. The normalized spacial score (nSPS) is 34.8. The first kappa shape index (κ1) is 23.4. The zero-order valence-corrected chi connectivity index (χ0v) is 20.3. The topological polar surface area (TPSA) is 71.2 Å². The van der Waals surface area contributed by atoms with E-state index in [0.29, 0.717) is 28.9 Å². The van der Waals surface area contributed by atoms with Gasteiger partial charge in [0.2, 0.25) is 0 Å². The van der Waals surface area contributed by atoms with E-state index in [4.69, 9.17) is 0 Å². The Labute approximate surface area is 193 Å². The van der Waals surface area contributed by atoms with E-state index in [9.17, 15) is 10.2 Å². The number of hydrogen-bond donors (Lipinski definition) is 2. The first-order valence-electron chi connectivity index (χ1n) is 12.5. The Balaban J connectivity index is 1.48. The molecular weight excluding hydrogens is 398 g/mol. The second-order valence-electron chi connectivity index (χ2n) is 11.4. The quantitative estimate of drug-likeness (QED) is 0.652. The molecule has 1 aromatic heterocycles. The molecule has 176 valence electrons. The van der Waals surface area contributed by atoms with Crippen LogP contribution >= 0.6 is 0 Å². The molecule has 3 fully saturated rings. The van der Waals surface area contributed by atoms with Crippen molar-refractivity contribution in [1.29, 1.82) is 0 Å². The highest BCUT2D eigenvalue weighted by atomic mass is 16.3. The minimum atomic E-state index is -0.955. The molecule has 0 bridgehead atoms. The molecule has 1 heterocycles. The van der Waals surface area contributed by atoms with E-state index in [1.54, 1.807) is 19.4 Å². The summed E-state index contributed by atoms with van der Waals surface area (Å²) in [5.74, 6) is 1.81. The van der Waals surface area contributed by atoms with Crippen molar-refractivity contribution in [3.05, 3.63) is 47.3 Å². The SMILES string of the molecule is C=C1CC[C@H](O)C/C1=C/C=C1/CCC[C@]2(C)C([C@H](C)Cn3cc(C(C)(C)O)nn3)CC[C@H]12. The summed E-state index contributed by atoms with van der Waals surface area (Å²) < 4.78 is 1.92. The van der Waals surface area contributed by atoms with Crippen LogP contribution in [0.1, 0.15) is 84.8 Å². The van der Waals surface area contributed by atoms with Gasteiger partial charge in [-0.2, -0.15) is 0 Å². The van der Waals surface area contributed by atoms with E-state index < -0.39 is 5.60 Å². The fourth-order valence-electron chi connectivity index (χ4n) is 6.70. The highest BCUT2D eigenvalue weighted by Crippen LogP contribution is 2.59. The van der Waals surface area contributed by atoms with Gasteiger partial charge in [-0.25, -0.2) is 0 Å². The van der Waals surface area contributed by atoms with Gasteiger partial charge in [0.1, 0.15) is 11.3 Å². The van der Waals surface area contributed by atoms with Crippen molar-refractivity contribution in [2.24, 2.45) is 23.2 Å². The first-order chi connectivity index (χ1) is 15.1. The largest absolute Gasteiger partial charge is 0.393 e. The van der Waals surface area contributed by atoms with Gasteiger partial charge < -0.3 is 10.2 Å². The van der Waals surface area contributed by atoms with Crippen molar-refractivity contribution in [2.75, 3.05) is 0 Å². The second kappa shape index (κ2) is 8.90. The van der Waals surface area contributed by atoms with Gasteiger partial charge in [-0.15, -0.1) is 5.10 Å². The number of aromatic nitrogens is 3. The van der Waals surface area contributed by atoms with Crippen molar-refractivity contribution >= 4 is 0 Å². The lowest BCUT2D eigenvalue weighted by Crippen LogP contribution is -2.37. The molecule has 1 aromatic rings. The summed E-state index contributed by atoms with van der Waals surface area (Å²) in [6.45, 7) is 13.4. The lowest BCUT2D eigenvalue weighted by molar-refractivity contribution is 0.0735. The molecule has 0 saturated heterocycles. The molecule has 0 aromatic carbocycles. The number of aliphatic hydroxyl groups excluding tert-OH is 1. The monoisotopic (exact) mass is 439 g/mol. The molecule has 32 heavy (non-hydrogen) atoms. The van der Waals surface area contributed by atoms with Gasteiger partial charge in [-0.05, 0) is 94.0 Å². The van der Waals surface area contributed by atoms with Crippen molar-refractivity contribution in [3.8, 4) is 0 Å². The van der Waals surface area contributed by atoms with Crippen LogP contribution in [0.2, 0.25) is 0 Å². The minimum Gasteiger partial charge on any atom is -0.393 e. The molecule has 0 spiro atoms. The minimum absolute atomic E-state index is 0.216. The molecule has 2 N–H and O–H groups in total. The predicted octanol–water partition coefficient (Wildman–Crippen LogP) is 5.31. The van der Waals surface area contributed by atoms with Crippen LogP contribution in [0.5, 0.6) is 0 Å². The summed E-state index contributed by atoms with van der Waals surface area (Å²) in [5.41, 5.74) is 4.03. The van der Waals surface area contributed by atoms with Crippen LogP contribution in [0.25, 0.3) is 0 Å². The fraction of sp³-hybridized carbons (Fsp3) is 0.704. The molecule has 5 heteroatoms. The molecule has 0 amide bonds. The molecule has 3 aliphatic rings. The average molecular weight is 440 g/mol. The summed E-state index contributed by atoms with van der Waals surface area (Å²) in [6, 6.07) is 0. The average Bonchev–Trinajstić information content (AvgIpc) is 3.32. The van der Waals surface area contributed by atoms with E-state index in [1.807, 2.05) is 10.9 Å². The van der Waals surface area contributed by atoms with Crippen LogP contribution in [0, 0.1) is 23.2 Å². The molecule has 0 radical (unpaired) electrons. The van der Waals surface area contributed by atoms with Crippen molar-refractivity contribution < 1.29 is 10.2 Å². The predicted molar refractivity (Wildman–Crippen MR) is 128 cm³/mol. The van der Waals surface area contributed by atoms with E-state index in [0.717, 1.165) is 25.8 Å². The van der Waals surface area contributed by atoms with Gasteiger partial charge in [-0.3, -0.25) is 4.68 Å². The van der Waals surface area contributed by atoms with Gasteiger partial charge in [0.15, 0.2) is 0 Å². The molecule has 3 aliphatic carbocycles. The Bertz CT molecular complexity index is 906. The van der Waals surface area contributed by atoms with Crippen LogP contribution < -0.4 is 0 Å². The third-order valence-electron chi connectivity index (χ3n) is 8.55. The Morgan fingerprint density at radius 1 is 1.28 bits per heavy atom. The third kappa shape index (κ3) is 4.65. The second-order valence-corrected chi connectivity index (χ2v) is 11.4. The number of allylic oxidation sites excluding steroid dienone is 4. The summed E-state index contributed by atoms with van der Waals surface area (Å²) in [6.07, 6.45) is 15.1. The van der Waals surface area contributed by atoms with Crippen molar-refractivity contribution in [1.82, 2.24) is 15.0 Å². The third-order valence-corrected chi connectivity index (χ3v) is 8.55. The summed E-state index contributed by atoms with van der Waals surface area (Å²) in [5, 5.41) is 28.7. The highest BCUT2D eigenvalue weighted by molar-refractivity contribution is 5.36. The highest BCUT2D eigenvalue weighted by Gasteiger charge is 2.50. The van der Waals surface area contributed by atoms with Gasteiger partial charge in [-0.1, -0.05) is 48.9 Å². The number of aliphatic hydroxyl groups is 2. The maximum atomic E-state index is 10.2. The van der Waals surface area contributed by atoms with Gasteiger partial charge in [0, 0.05) is 6.54 Å². The number of hydrogen-bond acceptors (Lipinski definition) is 4. The van der Waals surface area contributed by atoms with E-state index in [1.165, 1.54) is 43.3 Å². The number of fused-ring (bicyclic) bond motifs is 1. The maximum Gasteiger partial charge on any atom is 0.114 e. The van der Waals surface area contributed by atoms with Crippen LogP contribution in [0.4, 0.5) is 0 Å². The smallest absolute Gasteiger partial charge is 0.114 e. The molecule has 5 nitrogen and oxygen atoms in total. The van der Waals surface area contributed by atoms with Crippen molar-refractivity contribution in [3.63, 3.8) is 0 Å². The van der Waals surface area contributed by atoms with E-state index in [-0.39, 0.29) is 6.10 Å². The Kier molecular flexibility index (Phi) is 6.52. The van der Waals surface area contributed by atoms with Crippen LogP contribution in [0.3, 0.4) is 0 Å². The van der Waals surface area contributed by atoms with E-state index >= 15 is 0 Å². The zero-order valence-electron chi connectivity index (χ0n) is 20.3. The van der Waals surface area contributed by atoms with E-state index in [2.05, 4.69) is 42.9 Å².